The van der Waals surface area contributed by atoms with Crippen molar-refractivity contribution in [2.75, 3.05) is 25.0 Å². The molecular weight excluding hydrogens is 250 g/mol. The van der Waals surface area contributed by atoms with Crippen LogP contribution in [0.4, 0.5) is 5.13 Å². The van der Waals surface area contributed by atoms with E-state index < -0.39 is 0 Å². The van der Waals surface area contributed by atoms with Crippen LogP contribution in [0.2, 0.25) is 0 Å². The molecule has 2 fully saturated rings. The fourth-order valence-electron chi connectivity index (χ4n) is 3.11. The van der Waals surface area contributed by atoms with Gasteiger partial charge in [-0.2, -0.15) is 0 Å². The predicted molar refractivity (Wildman–Crippen MR) is 69.4 cm³/mol. The van der Waals surface area contributed by atoms with Gasteiger partial charge in [-0.15, -0.1) is 11.3 Å². The highest BCUT2D eigenvalue weighted by molar-refractivity contribution is 7.13. The van der Waals surface area contributed by atoms with E-state index in [9.17, 15) is 9.90 Å². The maximum Gasteiger partial charge on any atom is 0.240 e. The number of hydrogen-bond donors (Lipinski definition) is 2. The Labute approximate surface area is 110 Å². The third-order valence-electron chi connectivity index (χ3n) is 3.94. The number of amides is 1. The van der Waals surface area contributed by atoms with E-state index in [2.05, 4.69) is 15.2 Å². The summed E-state index contributed by atoms with van der Waals surface area (Å²) in [6, 6.07) is 0. The van der Waals surface area contributed by atoms with Gasteiger partial charge in [0.25, 0.3) is 0 Å². The molecule has 1 amide bonds. The van der Waals surface area contributed by atoms with E-state index in [1.807, 2.05) is 5.38 Å². The molecule has 98 valence electrons. The molecule has 0 aromatic carbocycles. The van der Waals surface area contributed by atoms with Gasteiger partial charge in [0.15, 0.2) is 5.13 Å². The monoisotopic (exact) mass is 267 g/mol. The van der Waals surface area contributed by atoms with Gasteiger partial charge < -0.3 is 10.4 Å². The highest BCUT2D eigenvalue weighted by atomic mass is 32.1. The van der Waals surface area contributed by atoms with Crippen LogP contribution < -0.4 is 5.32 Å². The number of aliphatic hydroxyl groups is 1. The zero-order valence-corrected chi connectivity index (χ0v) is 10.9. The van der Waals surface area contributed by atoms with Gasteiger partial charge in [0.05, 0.1) is 12.6 Å². The minimum absolute atomic E-state index is 0.0144. The topological polar surface area (TPSA) is 65.5 Å². The molecule has 0 spiro atoms. The number of carbonyl (C=O) groups excluding carboxylic acids is 1. The molecular formula is C12H17N3O2S. The van der Waals surface area contributed by atoms with Gasteiger partial charge in [0.1, 0.15) is 0 Å². The average Bonchev–Trinajstić information content (AvgIpc) is 3.00. The van der Waals surface area contributed by atoms with E-state index in [1.165, 1.54) is 11.3 Å². The molecule has 5 nitrogen and oxygen atoms in total. The van der Waals surface area contributed by atoms with Gasteiger partial charge in [-0.05, 0) is 18.8 Å². The molecule has 3 rings (SSSR count). The smallest absolute Gasteiger partial charge is 0.240 e. The first-order valence-electron chi connectivity index (χ1n) is 6.32. The maximum absolute atomic E-state index is 11.8. The van der Waals surface area contributed by atoms with Crippen molar-refractivity contribution in [2.45, 2.75) is 18.9 Å². The summed E-state index contributed by atoms with van der Waals surface area (Å²) in [4.78, 5) is 18.0. The van der Waals surface area contributed by atoms with Crippen LogP contribution in [0.5, 0.6) is 0 Å². The third kappa shape index (κ3) is 2.41. The number of fused-ring (bicyclic) bond motifs is 1. The predicted octanol–water partition coefficient (Wildman–Crippen LogP) is 0.784. The molecule has 18 heavy (non-hydrogen) atoms. The number of aromatic nitrogens is 1. The van der Waals surface area contributed by atoms with Gasteiger partial charge in [-0.1, -0.05) is 0 Å². The molecule has 1 saturated heterocycles. The summed E-state index contributed by atoms with van der Waals surface area (Å²) in [6.45, 7) is 2.18. The molecule has 1 aliphatic heterocycles. The normalized spacial score (nSPS) is 31.5. The molecule has 2 aliphatic rings. The van der Waals surface area contributed by atoms with Crippen molar-refractivity contribution in [3.05, 3.63) is 11.6 Å². The molecule has 2 N–H and O–H groups in total. The highest BCUT2D eigenvalue weighted by Crippen LogP contribution is 2.37. The summed E-state index contributed by atoms with van der Waals surface area (Å²) in [5.41, 5.74) is 0. The molecule has 1 aliphatic carbocycles. The van der Waals surface area contributed by atoms with Crippen LogP contribution in [-0.4, -0.2) is 46.6 Å². The lowest BCUT2D eigenvalue weighted by atomic mass is 10.00. The SMILES string of the molecule is O=C(CN1CC2CCC(O)C2C1)Nc1nccs1. The zero-order valence-electron chi connectivity index (χ0n) is 10.1. The first-order valence-corrected chi connectivity index (χ1v) is 7.20. The van der Waals surface area contributed by atoms with Gasteiger partial charge in [-0.3, -0.25) is 9.69 Å². The number of aliphatic hydroxyl groups excluding tert-OH is 1. The number of carbonyl (C=O) groups is 1. The molecule has 1 saturated carbocycles. The minimum atomic E-state index is -0.165. The van der Waals surface area contributed by atoms with Gasteiger partial charge >= 0.3 is 0 Å². The van der Waals surface area contributed by atoms with Crippen LogP contribution in [0.3, 0.4) is 0 Å². The van der Waals surface area contributed by atoms with E-state index in [1.54, 1.807) is 6.20 Å². The van der Waals surface area contributed by atoms with Gasteiger partial charge in [0, 0.05) is 30.6 Å². The maximum atomic E-state index is 11.8. The number of likely N-dealkylation sites (tertiary alicyclic amines) is 1. The summed E-state index contributed by atoms with van der Waals surface area (Å²) >= 11 is 1.42. The summed E-state index contributed by atoms with van der Waals surface area (Å²) in [7, 11) is 0. The largest absolute Gasteiger partial charge is 0.393 e. The first-order chi connectivity index (χ1) is 8.72. The Bertz CT molecular complexity index is 423. The summed E-state index contributed by atoms with van der Waals surface area (Å²) in [5.74, 6) is 0.935. The van der Waals surface area contributed by atoms with Crippen LogP contribution in [0.15, 0.2) is 11.6 Å². The quantitative estimate of drug-likeness (QED) is 0.849. The van der Waals surface area contributed by atoms with Crippen molar-refractivity contribution in [3.8, 4) is 0 Å². The second kappa shape index (κ2) is 4.95. The van der Waals surface area contributed by atoms with Crippen molar-refractivity contribution in [2.24, 2.45) is 11.8 Å². The number of nitrogens with one attached hydrogen (secondary N) is 1. The van der Waals surface area contributed by atoms with Crippen molar-refractivity contribution in [1.82, 2.24) is 9.88 Å². The third-order valence-corrected chi connectivity index (χ3v) is 4.63. The van der Waals surface area contributed by atoms with E-state index in [0.717, 1.165) is 25.9 Å². The van der Waals surface area contributed by atoms with E-state index in [0.29, 0.717) is 23.5 Å². The second-order valence-corrected chi connectivity index (χ2v) is 6.04. The Balaban J connectivity index is 1.51. The Morgan fingerprint density at radius 2 is 2.44 bits per heavy atom. The van der Waals surface area contributed by atoms with Crippen molar-refractivity contribution in [3.63, 3.8) is 0 Å². The van der Waals surface area contributed by atoms with Crippen LogP contribution in [0.1, 0.15) is 12.8 Å². The van der Waals surface area contributed by atoms with E-state index in [4.69, 9.17) is 0 Å². The average molecular weight is 267 g/mol. The lowest BCUT2D eigenvalue weighted by Crippen LogP contribution is -2.33. The Morgan fingerprint density at radius 3 is 3.17 bits per heavy atom. The minimum Gasteiger partial charge on any atom is -0.393 e. The number of nitrogens with zero attached hydrogens (tertiary/aromatic N) is 2. The Kier molecular flexibility index (Phi) is 3.32. The van der Waals surface area contributed by atoms with Crippen LogP contribution in [0, 0.1) is 11.8 Å². The van der Waals surface area contributed by atoms with Crippen molar-refractivity contribution in [1.29, 1.82) is 0 Å². The number of hydrogen-bond acceptors (Lipinski definition) is 5. The van der Waals surface area contributed by atoms with Crippen LogP contribution in [-0.2, 0) is 4.79 Å². The van der Waals surface area contributed by atoms with Gasteiger partial charge in [-0.25, -0.2) is 4.98 Å². The summed E-state index contributed by atoms with van der Waals surface area (Å²) < 4.78 is 0. The Morgan fingerprint density at radius 1 is 1.56 bits per heavy atom. The molecule has 0 bridgehead atoms. The molecule has 1 aromatic rings. The fraction of sp³-hybridized carbons (Fsp3) is 0.667. The number of thiazole rings is 1. The molecule has 2 heterocycles. The lowest BCUT2D eigenvalue weighted by Gasteiger charge is -2.16. The summed E-state index contributed by atoms with van der Waals surface area (Å²) in [6.07, 6.45) is 3.53. The second-order valence-electron chi connectivity index (χ2n) is 5.15. The number of anilines is 1. The first kappa shape index (κ1) is 12.1. The molecule has 1 aromatic heterocycles. The number of rotatable bonds is 3. The molecule has 0 radical (unpaired) electrons. The molecule has 3 atom stereocenters. The lowest BCUT2D eigenvalue weighted by molar-refractivity contribution is -0.117. The van der Waals surface area contributed by atoms with Crippen LogP contribution in [0.25, 0.3) is 0 Å². The van der Waals surface area contributed by atoms with Gasteiger partial charge in [0.2, 0.25) is 5.91 Å². The molecule has 3 unspecified atom stereocenters. The fourth-order valence-corrected chi connectivity index (χ4v) is 3.65. The van der Waals surface area contributed by atoms with Crippen LogP contribution >= 0.6 is 11.3 Å². The zero-order chi connectivity index (χ0) is 12.5. The highest BCUT2D eigenvalue weighted by Gasteiger charge is 2.41. The van der Waals surface area contributed by atoms with Crippen molar-refractivity contribution < 1.29 is 9.90 Å². The van der Waals surface area contributed by atoms with Crippen molar-refractivity contribution >= 4 is 22.4 Å². The Hall–Kier alpha value is -0.980. The summed E-state index contributed by atoms with van der Waals surface area (Å²) in [5, 5.41) is 15.1. The van der Waals surface area contributed by atoms with E-state index >= 15 is 0 Å². The van der Waals surface area contributed by atoms with E-state index in [-0.39, 0.29) is 12.0 Å². The molecule has 6 heteroatoms. The standard InChI is InChI=1S/C12H17N3O2S/c16-10-2-1-8-5-15(6-9(8)10)7-11(17)14-12-13-3-4-18-12/h3-4,8-10,16H,1-2,5-7H2,(H,13,14,17).